The number of likely N-dealkylation sites (N-methyl/N-ethyl adjacent to an activating group) is 1. The fourth-order valence-electron chi connectivity index (χ4n) is 2.24. The first-order chi connectivity index (χ1) is 8.04. The highest BCUT2D eigenvalue weighted by atomic mass is 16.4. The maximum atomic E-state index is 10.9. The van der Waals surface area contributed by atoms with E-state index >= 15 is 0 Å². The molecule has 0 amide bonds. The largest absolute Gasteiger partial charge is 0.478 e. The SMILES string of the molecule is CCC(=CCN1CCCC(N(C)C)C1)C(=O)O. The first-order valence-corrected chi connectivity index (χ1v) is 6.35. The third-order valence-electron chi connectivity index (χ3n) is 3.46. The average molecular weight is 240 g/mol. The molecule has 1 N–H and O–H groups in total. The van der Waals surface area contributed by atoms with Gasteiger partial charge in [-0.05, 0) is 39.9 Å². The van der Waals surface area contributed by atoms with Gasteiger partial charge in [-0.3, -0.25) is 4.90 Å². The summed E-state index contributed by atoms with van der Waals surface area (Å²) in [5.41, 5.74) is 0.525. The van der Waals surface area contributed by atoms with Crippen molar-refractivity contribution in [2.24, 2.45) is 0 Å². The van der Waals surface area contributed by atoms with Crippen molar-refractivity contribution >= 4 is 5.97 Å². The summed E-state index contributed by atoms with van der Waals surface area (Å²) in [4.78, 5) is 15.5. The van der Waals surface area contributed by atoms with Crippen LogP contribution in [-0.2, 0) is 4.79 Å². The fourth-order valence-corrected chi connectivity index (χ4v) is 2.24. The minimum atomic E-state index is -0.784. The van der Waals surface area contributed by atoms with Crippen LogP contribution in [0.1, 0.15) is 26.2 Å². The van der Waals surface area contributed by atoms with Crippen LogP contribution in [0.3, 0.4) is 0 Å². The molecule has 1 saturated heterocycles. The van der Waals surface area contributed by atoms with Crippen LogP contribution in [0.4, 0.5) is 0 Å². The third kappa shape index (κ3) is 4.48. The monoisotopic (exact) mass is 240 g/mol. The highest BCUT2D eigenvalue weighted by Gasteiger charge is 2.20. The predicted molar refractivity (Wildman–Crippen MR) is 69.2 cm³/mol. The van der Waals surface area contributed by atoms with E-state index in [0.29, 0.717) is 18.0 Å². The van der Waals surface area contributed by atoms with Gasteiger partial charge < -0.3 is 10.0 Å². The number of nitrogens with zero attached hydrogens (tertiary/aromatic N) is 2. The van der Waals surface area contributed by atoms with Crippen LogP contribution in [0.15, 0.2) is 11.6 Å². The third-order valence-corrected chi connectivity index (χ3v) is 3.46. The molecule has 1 unspecified atom stereocenters. The van der Waals surface area contributed by atoms with Gasteiger partial charge in [0, 0.05) is 24.7 Å². The Bertz CT molecular complexity index is 287. The van der Waals surface area contributed by atoms with E-state index in [4.69, 9.17) is 5.11 Å². The molecule has 1 fully saturated rings. The van der Waals surface area contributed by atoms with E-state index in [9.17, 15) is 4.79 Å². The number of likely N-dealkylation sites (tertiary alicyclic amines) is 1. The molecule has 1 aliphatic rings. The van der Waals surface area contributed by atoms with E-state index in [1.54, 1.807) is 0 Å². The van der Waals surface area contributed by atoms with Crippen molar-refractivity contribution in [3.63, 3.8) is 0 Å². The lowest BCUT2D eigenvalue weighted by atomic mass is 10.0. The van der Waals surface area contributed by atoms with Crippen LogP contribution in [0, 0.1) is 0 Å². The molecule has 0 aromatic carbocycles. The van der Waals surface area contributed by atoms with Crippen molar-refractivity contribution in [3.8, 4) is 0 Å². The van der Waals surface area contributed by atoms with Gasteiger partial charge in [0.05, 0.1) is 0 Å². The van der Waals surface area contributed by atoms with Gasteiger partial charge >= 0.3 is 5.97 Å². The zero-order valence-corrected chi connectivity index (χ0v) is 11.1. The Balaban J connectivity index is 2.48. The number of carboxylic acid groups (broad SMARTS) is 1. The van der Waals surface area contributed by atoms with Crippen LogP contribution in [-0.4, -0.2) is 60.6 Å². The molecule has 0 radical (unpaired) electrons. The number of carboxylic acids is 1. The average Bonchev–Trinajstić information content (AvgIpc) is 2.29. The predicted octanol–water partition coefficient (Wildman–Crippen LogP) is 1.43. The molecule has 4 heteroatoms. The quantitative estimate of drug-likeness (QED) is 0.738. The molecule has 0 spiro atoms. The van der Waals surface area contributed by atoms with Crippen molar-refractivity contribution in [2.75, 3.05) is 33.7 Å². The molecule has 0 bridgehead atoms. The van der Waals surface area contributed by atoms with E-state index in [1.165, 1.54) is 12.8 Å². The first-order valence-electron chi connectivity index (χ1n) is 6.35. The lowest BCUT2D eigenvalue weighted by molar-refractivity contribution is -0.132. The Morgan fingerprint density at radius 3 is 2.76 bits per heavy atom. The lowest BCUT2D eigenvalue weighted by Gasteiger charge is -2.35. The summed E-state index contributed by atoms with van der Waals surface area (Å²) < 4.78 is 0. The Labute approximate surface area is 104 Å². The normalized spacial score (nSPS) is 23.1. The molecule has 4 nitrogen and oxygen atoms in total. The molecular weight excluding hydrogens is 216 g/mol. The number of hydrogen-bond acceptors (Lipinski definition) is 3. The summed E-state index contributed by atoms with van der Waals surface area (Å²) >= 11 is 0. The molecule has 98 valence electrons. The second-order valence-electron chi connectivity index (χ2n) is 4.91. The molecular formula is C13H24N2O2. The lowest BCUT2D eigenvalue weighted by Crippen LogP contribution is -2.45. The minimum Gasteiger partial charge on any atom is -0.478 e. The minimum absolute atomic E-state index is 0.525. The van der Waals surface area contributed by atoms with Gasteiger partial charge in [-0.25, -0.2) is 4.79 Å². The zero-order valence-electron chi connectivity index (χ0n) is 11.1. The molecule has 17 heavy (non-hydrogen) atoms. The van der Waals surface area contributed by atoms with E-state index in [1.807, 2.05) is 13.0 Å². The summed E-state index contributed by atoms with van der Waals surface area (Å²) in [7, 11) is 4.22. The summed E-state index contributed by atoms with van der Waals surface area (Å²) in [6.45, 7) is 4.77. The van der Waals surface area contributed by atoms with E-state index in [2.05, 4.69) is 23.9 Å². The molecule has 0 saturated carbocycles. The van der Waals surface area contributed by atoms with Gasteiger partial charge in [-0.1, -0.05) is 13.0 Å². The maximum Gasteiger partial charge on any atom is 0.331 e. The van der Waals surface area contributed by atoms with E-state index in [-0.39, 0.29) is 0 Å². The standard InChI is InChI=1S/C13H24N2O2/c1-4-11(13(16)17)7-9-15-8-5-6-12(10-15)14(2)3/h7,12H,4-6,8-10H2,1-3H3,(H,16,17). The van der Waals surface area contributed by atoms with Crippen LogP contribution >= 0.6 is 0 Å². The van der Waals surface area contributed by atoms with E-state index in [0.717, 1.165) is 19.6 Å². The number of aliphatic carboxylic acids is 1. The van der Waals surface area contributed by atoms with Crippen LogP contribution < -0.4 is 0 Å². The van der Waals surface area contributed by atoms with Crippen molar-refractivity contribution in [1.82, 2.24) is 9.80 Å². The summed E-state index contributed by atoms with van der Waals surface area (Å²) in [6, 6.07) is 0.604. The van der Waals surface area contributed by atoms with E-state index < -0.39 is 5.97 Å². The van der Waals surface area contributed by atoms with Crippen LogP contribution in [0.25, 0.3) is 0 Å². The summed E-state index contributed by atoms with van der Waals surface area (Å²) in [5, 5.41) is 8.95. The smallest absolute Gasteiger partial charge is 0.331 e. The zero-order chi connectivity index (χ0) is 12.8. The van der Waals surface area contributed by atoms with Gasteiger partial charge in [0.25, 0.3) is 0 Å². The molecule has 1 atom stereocenters. The fraction of sp³-hybridized carbons (Fsp3) is 0.769. The maximum absolute atomic E-state index is 10.9. The Morgan fingerprint density at radius 2 is 2.24 bits per heavy atom. The Hall–Kier alpha value is -0.870. The molecule has 0 aromatic heterocycles. The van der Waals surface area contributed by atoms with Crippen molar-refractivity contribution in [3.05, 3.63) is 11.6 Å². The van der Waals surface area contributed by atoms with Gasteiger partial charge in [0.15, 0.2) is 0 Å². The highest BCUT2D eigenvalue weighted by Crippen LogP contribution is 2.14. The molecule has 0 aliphatic carbocycles. The molecule has 0 aromatic rings. The second-order valence-corrected chi connectivity index (χ2v) is 4.91. The second kappa shape index (κ2) is 6.77. The number of piperidine rings is 1. The first kappa shape index (κ1) is 14.2. The van der Waals surface area contributed by atoms with Crippen LogP contribution in [0.2, 0.25) is 0 Å². The van der Waals surface area contributed by atoms with Crippen molar-refractivity contribution in [1.29, 1.82) is 0 Å². The Morgan fingerprint density at radius 1 is 1.53 bits per heavy atom. The van der Waals surface area contributed by atoms with Gasteiger partial charge in [-0.15, -0.1) is 0 Å². The van der Waals surface area contributed by atoms with Crippen LogP contribution in [0.5, 0.6) is 0 Å². The number of hydrogen-bond donors (Lipinski definition) is 1. The summed E-state index contributed by atoms with van der Waals surface area (Å²) in [5.74, 6) is -0.784. The molecule has 1 heterocycles. The van der Waals surface area contributed by atoms with Gasteiger partial charge in [0.1, 0.15) is 0 Å². The number of rotatable bonds is 5. The number of carbonyl (C=O) groups is 1. The topological polar surface area (TPSA) is 43.8 Å². The molecule has 1 rings (SSSR count). The van der Waals surface area contributed by atoms with Gasteiger partial charge in [0.2, 0.25) is 0 Å². The van der Waals surface area contributed by atoms with Crippen molar-refractivity contribution in [2.45, 2.75) is 32.2 Å². The Kier molecular flexibility index (Phi) is 5.65. The van der Waals surface area contributed by atoms with Crippen molar-refractivity contribution < 1.29 is 9.90 Å². The summed E-state index contributed by atoms with van der Waals surface area (Å²) in [6.07, 6.45) is 4.90. The molecule has 1 aliphatic heterocycles. The highest BCUT2D eigenvalue weighted by molar-refractivity contribution is 5.86. The van der Waals surface area contributed by atoms with Gasteiger partial charge in [-0.2, -0.15) is 0 Å².